The van der Waals surface area contributed by atoms with Gasteiger partial charge in [-0.3, -0.25) is 19.1 Å². The lowest BCUT2D eigenvalue weighted by Gasteiger charge is -2.07. The summed E-state index contributed by atoms with van der Waals surface area (Å²) in [7, 11) is 1.60. The largest absolute Gasteiger partial charge is 0.478 e. The first-order valence-corrected chi connectivity index (χ1v) is 7.81. The highest BCUT2D eigenvalue weighted by Crippen LogP contribution is 2.15. The molecule has 1 aromatic carbocycles. The number of carbonyl (C=O) groups is 3. The Kier molecular flexibility index (Phi) is 4.53. The van der Waals surface area contributed by atoms with Crippen molar-refractivity contribution >= 4 is 40.6 Å². The van der Waals surface area contributed by atoms with E-state index in [9.17, 15) is 19.2 Å². The molecule has 0 bridgehead atoms. The number of carboxylic acids is 2. The second-order valence-electron chi connectivity index (χ2n) is 5.94. The van der Waals surface area contributed by atoms with Crippen LogP contribution in [0.25, 0.3) is 11.2 Å². The van der Waals surface area contributed by atoms with Crippen molar-refractivity contribution in [3.05, 3.63) is 46.0 Å². The molecule has 2 heterocycles. The van der Waals surface area contributed by atoms with Crippen molar-refractivity contribution in [1.82, 2.24) is 14.5 Å². The third-order valence-electron chi connectivity index (χ3n) is 3.86. The molecule has 1 amide bonds. The van der Waals surface area contributed by atoms with E-state index in [1.165, 1.54) is 15.5 Å². The van der Waals surface area contributed by atoms with Gasteiger partial charge < -0.3 is 21.3 Å². The van der Waals surface area contributed by atoms with Crippen LogP contribution in [0.5, 0.6) is 0 Å². The van der Waals surface area contributed by atoms with Gasteiger partial charge in [-0.15, -0.1) is 0 Å². The number of nitrogens with two attached hydrogens (primary N) is 1. The maximum atomic E-state index is 12.4. The fourth-order valence-corrected chi connectivity index (χ4v) is 2.73. The highest BCUT2D eigenvalue weighted by atomic mass is 16.4. The summed E-state index contributed by atoms with van der Waals surface area (Å²) >= 11 is 0. The normalized spacial score (nSPS) is 10.8. The van der Waals surface area contributed by atoms with Crippen LogP contribution in [-0.2, 0) is 18.4 Å². The SMILES string of the molecule is Cn1c[n+](CC(=O)Nc2cc(C(=O)O)cc(C(=O)O)c2)c2nc(N)[nH]c(=O)c21. The Morgan fingerprint density at radius 1 is 1.21 bits per heavy atom. The average Bonchev–Trinajstić information content (AvgIpc) is 2.89. The predicted octanol–water partition coefficient (Wildman–Crippen LogP) is -0.834. The van der Waals surface area contributed by atoms with Crippen molar-refractivity contribution in [3.8, 4) is 0 Å². The number of amides is 1. The lowest BCUT2D eigenvalue weighted by Crippen LogP contribution is -2.40. The molecule has 28 heavy (non-hydrogen) atoms. The molecule has 0 saturated heterocycles. The van der Waals surface area contributed by atoms with E-state index in [0.29, 0.717) is 0 Å². The average molecular weight is 387 g/mol. The number of nitrogens with one attached hydrogen (secondary N) is 2. The molecule has 0 aliphatic carbocycles. The third kappa shape index (κ3) is 3.51. The van der Waals surface area contributed by atoms with Crippen molar-refractivity contribution in [3.63, 3.8) is 0 Å². The summed E-state index contributed by atoms with van der Waals surface area (Å²) in [5, 5.41) is 20.6. The van der Waals surface area contributed by atoms with Gasteiger partial charge in [0.2, 0.25) is 5.52 Å². The van der Waals surface area contributed by atoms with Gasteiger partial charge in [0.1, 0.15) is 0 Å². The summed E-state index contributed by atoms with van der Waals surface area (Å²) in [5.41, 5.74) is 4.91. The van der Waals surface area contributed by atoms with Crippen molar-refractivity contribution in [2.24, 2.45) is 7.05 Å². The van der Waals surface area contributed by atoms with E-state index in [1.54, 1.807) is 7.05 Å². The molecular formula is C16H15N6O6+. The van der Waals surface area contributed by atoms with Gasteiger partial charge in [-0.1, -0.05) is 4.98 Å². The van der Waals surface area contributed by atoms with E-state index in [4.69, 9.17) is 15.9 Å². The number of imidazole rings is 1. The van der Waals surface area contributed by atoms with Crippen LogP contribution in [0.3, 0.4) is 0 Å². The molecule has 144 valence electrons. The number of H-pyrrole nitrogens is 1. The van der Waals surface area contributed by atoms with Crippen molar-refractivity contribution in [1.29, 1.82) is 0 Å². The molecule has 0 atom stereocenters. The quantitative estimate of drug-likeness (QED) is 0.351. The number of aromatic carboxylic acids is 2. The Hall–Kier alpha value is -4.22. The van der Waals surface area contributed by atoms with Gasteiger partial charge in [0.15, 0.2) is 12.9 Å². The standard InChI is InChI=1S/C16H14N6O6/c1-21-6-22(12-11(21)13(24)20-16(17)19-12)5-10(23)18-9-3-7(14(25)26)2-8(4-9)15(27)28/h2-4,6H,5H2,1H3,(H5-,17,18,19,20,23,24,25,26,27,28)/p+1. The minimum absolute atomic E-state index is 0.00783. The van der Waals surface area contributed by atoms with Crippen LogP contribution in [0, 0.1) is 0 Å². The lowest BCUT2D eigenvalue weighted by atomic mass is 10.1. The summed E-state index contributed by atoms with van der Waals surface area (Å²) in [4.78, 5) is 53.1. The maximum Gasteiger partial charge on any atom is 0.335 e. The summed E-state index contributed by atoms with van der Waals surface area (Å²) in [5.74, 6) is -3.36. The number of fused-ring (bicyclic) bond motifs is 1. The first-order valence-electron chi connectivity index (χ1n) is 7.81. The molecular weight excluding hydrogens is 372 g/mol. The Bertz CT molecular complexity index is 1160. The van der Waals surface area contributed by atoms with E-state index >= 15 is 0 Å². The summed E-state index contributed by atoms with van der Waals surface area (Å²) in [6.45, 7) is -0.271. The first kappa shape index (κ1) is 18.6. The lowest BCUT2D eigenvalue weighted by molar-refractivity contribution is -0.660. The number of benzene rings is 1. The van der Waals surface area contributed by atoms with Gasteiger partial charge in [0.25, 0.3) is 17.4 Å². The number of hydrogen-bond acceptors (Lipinski definition) is 6. The Morgan fingerprint density at radius 2 is 1.82 bits per heavy atom. The third-order valence-corrected chi connectivity index (χ3v) is 3.86. The molecule has 3 rings (SSSR count). The molecule has 0 fully saturated rings. The highest BCUT2D eigenvalue weighted by Gasteiger charge is 2.21. The topological polar surface area (TPSA) is 184 Å². The minimum atomic E-state index is -1.33. The van der Waals surface area contributed by atoms with Gasteiger partial charge in [-0.05, 0) is 18.2 Å². The molecule has 0 unspecified atom stereocenters. The van der Waals surface area contributed by atoms with E-state index < -0.39 is 23.4 Å². The number of anilines is 2. The number of rotatable bonds is 5. The Balaban J connectivity index is 1.91. The molecule has 0 aliphatic heterocycles. The molecule has 6 N–H and O–H groups in total. The second-order valence-corrected chi connectivity index (χ2v) is 5.94. The summed E-state index contributed by atoms with van der Waals surface area (Å²) in [6.07, 6.45) is 1.47. The fourth-order valence-electron chi connectivity index (χ4n) is 2.73. The van der Waals surface area contributed by atoms with Crippen LogP contribution in [0.4, 0.5) is 11.6 Å². The molecule has 0 saturated carbocycles. The van der Waals surface area contributed by atoms with Crippen LogP contribution in [0.1, 0.15) is 20.7 Å². The predicted molar refractivity (Wildman–Crippen MR) is 94.9 cm³/mol. The summed E-state index contributed by atoms with van der Waals surface area (Å²) in [6, 6.07) is 3.27. The molecule has 0 spiro atoms. The van der Waals surface area contributed by atoms with E-state index in [1.807, 2.05) is 0 Å². The number of carboxylic acid groups (broad SMARTS) is 2. The maximum absolute atomic E-state index is 12.4. The summed E-state index contributed by atoms with van der Waals surface area (Å²) < 4.78 is 2.86. The van der Waals surface area contributed by atoms with Crippen LogP contribution >= 0.6 is 0 Å². The van der Waals surface area contributed by atoms with Crippen LogP contribution in [0.2, 0.25) is 0 Å². The van der Waals surface area contributed by atoms with Crippen molar-refractivity contribution < 1.29 is 29.2 Å². The fraction of sp³-hybridized carbons (Fsp3) is 0.125. The van der Waals surface area contributed by atoms with Crippen LogP contribution < -0.4 is 21.2 Å². The van der Waals surface area contributed by atoms with E-state index in [2.05, 4.69) is 15.3 Å². The molecule has 0 aliphatic rings. The van der Waals surface area contributed by atoms with Gasteiger partial charge in [0.05, 0.1) is 18.2 Å². The Labute approximate surface area is 155 Å². The van der Waals surface area contributed by atoms with Gasteiger partial charge in [-0.2, -0.15) is 0 Å². The molecule has 2 aromatic heterocycles. The molecule has 12 heteroatoms. The Morgan fingerprint density at radius 3 is 2.39 bits per heavy atom. The number of aryl methyl sites for hydroxylation is 1. The highest BCUT2D eigenvalue weighted by molar-refractivity contribution is 5.98. The number of nitrogens with zero attached hydrogens (tertiary/aromatic N) is 3. The van der Waals surface area contributed by atoms with E-state index in [-0.39, 0.29) is 40.5 Å². The van der Waals surface area contributed by atoms with Crippen LogP contribution in [0.15, 0.2) is 29.3 Å². The van der Waals surface area contributed by atoms with Gasteiger partial charge in [-0.25, -0.2) is 14.2 Å². The molecule has 12 nitrogen and oxygen atoms in total. The second kappa shape index (κ2) is 6.83. The number of carbonyl (C=O) groups excluding carboxylic acids is 1. The first-order chi connectivity index (χ1) is 13.2. The minimum Gasteiger partial charge on any atom is -0.478 e. The van der Waals surface area contributed by atoms with Gasteiger partial charge >= 0.3 is 17.6 Å². The zero-order valence-electron chi connectivity index (χ0n) is 14.5. The molecule has 3 aromatic rings. The number of aromatic amines is 1. The number of nitrogen functional groups attached to an aromatic ring is 1. The number of aromatic nitrogens is 4. The van der Waals surface area contributed by atoms with Gasteiger partial charge in [0, 0.05) is 5.69 Å². The number of hydrogen-bond donors (Lipinski definition) is 5. The zero-order chi connectivity index (χ0) is 20.6. The van der Waals surface area contributed by atoms with E-state index in [0.717, 1.165) is 18.2 Å². The van der Waals surface area contributed by atoms with Crippen LogP contribution in [-0.4, -0.2) is 42.6 Å². The monoisotopic (exact) mass is 387 g/mol. The zero-order valence-corrected chi connectivity index (χ0v) is 14.5. The molecule has 0 radical (unpaired) electrons. The van der Waals surface area contributed by atoms with Crippen molar-refractivity contribution in [2.75, 3.05) is 11.1 Å². The smallest absolute Gasteiger partial charge is 0.335 e. The van der Waals surface area contributed by atoms with Crippen molar-refractivity contribution in [2.45, 2.75) is 6.54 Å².